The predicted octanol–water partition coefficient (Wildman–Crippen LogP) is 0.663. The summed E-state index contributed by atoms with van der Waals surface area (Å²) < 4.78 is 21.0. The molecule has 7 nitrogen and oxygen atoms in total. The van der Waals surface area contributed by atoms with Gasteiger partial charge in [0.15, 0.2) is 0 Å². The summed E-state index contributed by atoms with van der Waals surface area (Å²) in [5, 5.41) is 18.2. The number of ether oxygens (including phenoxy) is 1. The van der Waals surface area contributed by atoms with Crippen molar-refractivity contribution in [2.75, 3.05) is 34.5 Å². The molecule has 0 heterocycles. The van der Waals surface area contributed by atoms with Gasteiger partial charge >= 0.3 is 14.8 Å². The van der Waals surface area contributed by atoms with Crippen LogP contribution in [0, 0.1) is 0 Å². The van der Waals surface area contributed by atoms with Gasteiger partial charge in [0.25, 0.3) is 0 Å². The largest absolute Gasteiger partial charge is 0.500 e. The van der Waals surface area contributed by atoms with E-state index in [0.29, 0.717) is 19.1 Å². The van der Waals surface area contributed by atoms with Crippen molar-refractivity contribution in [2.45, 2.75) is 25.0 Å². The maximum absolute atomic E-state index is 10.5. The molecule has 0 aromatic heterocycles. The summed E-state index contributed by atoms with van der Waals surface area (Å²) >= 11 is 0. The first kappa shape index (κ1) is 19.2. The second-order valence-corrected chi connectivity index (χ2v) is 7.33. The summed E-state index contributed by atoms with van der Waals surface area (Å²) in [6, 6.07) is 0.606. The van der Waals surface area contributed by atoms with Crippen LogP contribution in [-0.2, 0) is 22.8 Å². The zero-order chi connectivity index (χ0) is 15.6. The number of aliphatic hydroxyl groups excluding tert-OH is 1. The first-order valence-corrected chi connectivity index (χ1v) is 8.16. The molecule has 0 fully saturated rings. The number of hydrogen-bond acceptors (Lipinski definition) is 6. The minimum absolute atomic E-state index is 0.0117. The molecule has 0 rings (SSSR count). The molecule has 0 aromatic carbocycles. The van der Waals surface area contributed by atoms with Crippen LogP contribution in [0.1, 0.15) is 12.8 Å². The molecule has 0 aliphatic carbocycles. The van der Waals surface area contributed by atoms with Crippen molar-refractivity contribution in [2.24, 2.45) is 0 Å². The fourth-order valence-corrected chi connectivity index (χ4v) is 3.29. The van der Waals surface area contributed by atoms with E-state index in [0.717, 1.165) is 0 Å². The summed E-state index contributed by atoms with van der Waals surface area (Å²) in [6.45, 7) is 3.81. The smallest absolute Gasteiger partial charge is 0.478 e. The summed E-state index contributed by atoms with van der Waals surface area (Å²) in [5.41, 5.74) is -0.0364. The average Bonchev–Trinajstić information content (AvgIpc) is 2.43. The number of carbonyl (C=O) groups is 1. The lowest BCUT2D eigenvalue weighted by molar-refractivity contribution is -0.133. The highest BCUT2D eigenvalue weighted by Gasteiger charge is 2.36. The molecule has 1 unspecified atom stereocenters. The molecule has 1 atom stereocenters. The summed E-state index contributed by atoms with van der Waals surface area (Å²) in [7, 11) is 2.06. The quantitative estimate of drug-likeness (QED) is 0.311. The Hall–Kier alpha value is -0.773. The lowest BCUT2D eigenvalue weighted by Gasteiger charge is -2.24. The highest BCUT2D eigenvalue weighted by atomic mass is 28.4. The van der Waals surface area contributed by atoms with E-state index in [2.05, 4.69) is 6.58 Å². The molecule has 8 heteroatoms. The second-order valence-electron chi connectivity index (χ2n) is 4.24. The van der Waals surface area contributed by atoms with Gasteiger partial charge in [-0.05, 0) is 6.42 Å². The monoisotopic (exact) mass is 308 g/mol. The first-order valence-electron chi connectivity index (χ1n) is 6.23. The van der Waals surface area contributed by atoms with E-state index < -0.39 is 20.9 Å². The number of rotatable bonds is 12. The predicted molar refractivity (Wildman–Crippen MR) is 74.4 cm³/mol. The lowest BCUT2D eigenvalue weighted by Crippen LogP contribution is -2.42. The van der Waals surface area contributed by atoms with Crippen LogP contribution in [0.25, 0.3) is 0 Å². The molecule has 0 spiro atoms. The van der Waals surface area contributed by atoms with E-state index in [9.17, 15) is 9.90 Å². The van der Waals surface area contributed by atoms with Crippen molar-refractivity contribution >= 4 is 14.8 Å². The van der Waals surface area contributed by atoms with Gasteiger partial charge in [-0.1, -0.05) is 6.58 Å². The van der Waals surface area contributed by atoms with Crippen LogP contribution in [0.4, 0.5) is 0 Å². The van der Waals surface area contributed by atoms with Crippen LogP contribution in [-0.4, -0.2) is 65.6 Å². The fraction of sp³-hybridized carbons (Fsp3) is 0.750. The maximum Gasteiger partial charge on any atom is 0.500 e. The maximum atomic E-state index is 10.5. The van der Waals surface area contributed by atoms with Crippen LogP contribution in [0.15, 0.2) is 12.2 Å². The highest BCUT2D eigenvalue weighted by molar-refractivity contribution is 6.60. The Morgan fingerprint density at radius 2 is 1.80 bits per heavy atom. The molecule has 20 heavy (non-hydrogen) atoms. The van der Waals surface area contributed by atoms with Crippen molar-refractivity contribution in [1.82, 2.24) is 0 Å². The summed E-state index contributed by atoms with van der Waals surface area (Å²) in [6.07, 6.45) is -0.218. The topological polar surface area (TPSA) is 94.5 Å². The number of hydrogen-bond donors (Lipinski definition) is 2. The number of carboxylic acid groups (broad SMARTS) is 1. The van der Waals surface area contributed by atoms with Gasteiger partial charge in [-0.3, -0.25) is 0 Å². The van der Waals surface area contributed by atoms with E-state index in [1.165, 1.54) is 0 Å². The third-order valence-corrected chi connectivity index (χ3v) is 5.63. The lowest BCUT2D eigenvalue weighted by atomic mass is 10.1. The van der Waals surface area contributed by atoms with Crippen molar-refractivity contribution < 1.29 is 33.0 Å². The molecule has 0 amide bonds. The Morgan fingerprint density at radius 1 is 1.25 bits per heavy atom. The first-order chi connectivity index (χ1) is 9.40. The van der Waals surface area contributed by atoms with Gasteiger partial charge < -0.3 is 28.2 Å². The Balaban J connectivity index is 3.81. The van der Waals surface area contributed by atoms with E-state index in [-0.39, 0.29) is 18.6 Å². The molecule has 0 aliphatic heterocycles. The van der Waals surface area contributed by atoms with Gasteiger partial charge in [0.1, 0.15) is 0 Å². The highest BCUT2D eigenvalue weighted by Crippen LogP contribution is 2.15. The summed E-state index contributed by atoms with van der Waals surface area (Å²) in [5.74, 6) is -1.11. The Kier molecular flexibility index (Phi) is 9.64. The molecule has 118 valence electrons. The van der Waals surface area contributed by atoms with E-state index in [4.69, 9.17) is 23.1 Å². The van der Waals surface area contributed by atoms with Gasteiger partial charge in [-0.25, -0.2) is 4.79 Å². The van der Waals surface area contributed by atoms with Gasteiger partial charge in [-0.2, -0.15) is 0 Å². The van der Waals surface area contributed by atoms with Crippen LogP contribution in [0.5, 0.6) is 0 Å². The minimum Gasteiger partial charge on any atom is -0.478 e. The van der Waals surface area contributed by atoms with Gasteiger partial charge in [-0.15, -0.1) is 0 Å². The molecule has 2 N–H and O–H groups in total. The van der Waals surface area contributed by atoms with Crippen molar-refractivity contribution in [3.05, 3.63) is 12.2 Å². The van der Waals surface area contributed by atoms with Crippen molar-refractivity contribution in [3.63, 3.8) is 0 Å². The second kappa shape index (κ2) is 10.0. The number of aliphatic carboxylic acids is 1. The zero-order valence-corrected chi connectivity index (χ0v) is 13.3. The van der Waals surface area contributed by atoms with Crippen LogP contribution >= 0.6 is 0 Å². The molecule has 0 aliphatic rings. The van der Waals surface area contributed by atoms with Crippen molar-refractivity contribution in [1.29, 1.82) is 0 Å². The molecular weight excluding hydrogens is 284 g/mol. The van der Waals surface area contributed by atoms with Gasteiger partial charge in [0, 0.05) is 46.0 Å². The standard InChI is InChI=1S/C12H24O7Si/c1-10(12(14)15)8-11(13)9-19-6-5-7-20(16-2,17-3)18-4/h11,13H,1,5-9H2,2-4H3,(H,14,15). The molecular formula is C12H24O7Si. The minimum atomic E-state index is -2.57. The zero-order valence-electron chi connectivity index (χ0n) is 12.3. The fourth-order valence-electron chi connectivity index (χ4n) is 1.60. The molecule has 0 aromatic rings. The number of carboxylic acids is 1. The third-order valence-electron chi connectivity index (χ3n) is 2.80. The number of aliphatic hydroxyl groups is 1. The average molecular weight is 308 g/mol. The normalized spacial score (nSPS) is 13.2. The SMILES string of the molecule is C=C(CC(O)COCCC[Si](OC)(OC)OC)C(=O)O. The van der Waals surface area contributed by atoms with Crippen LogP contribution in [0.3, 0.4) is 0 Å². The molecule has 0 bridgehead atoms. The Morgan fingerprint density at radius 3 is 2.25 bits per heavy atom. The van der Waals surface area contributed by atoms with E-state index in [1.54, 1.807) is 21.3 Å². The van der Waals surface area contributed by atoms with Gasteiger partial charge in [0.2, 0.25) is 0 Å². The van der Waals surface area contributed by atoms with E-state index >= 15 is 0 Å². The van der Waals surface area contributed by atoms with Crippen LogP contribution < -0.4 is 0 Å². The van der Waals surface area contributed by atoms with E-state index in [1.807, 2.05) is 0 Å². The van der Waals surface area contributed by atoms with Crippen LogP contribution in [0.2, 0.25) is 6.04 Å². The molecule has 0 saturated carbocycles. The van der Waals surface area contributed by atoms with Crippen molar-refractivity contribution in [3.8, 4) is 0 Å². The molecule has 0 radical (unpaired) electrons. The Bertz CT molecular complexity index is 296. The third kappa shape index (κ3) is 7.13. The Labute approximate surface area is 120 Å². The van der Waals surface area contributed by atoms with Gasteiger partial charge in [0.05, 0.1) is 12.7 Å². The summed E-state index contributed by atoms with van der Waals surface area (Å²) in [4.78, 5) is 10.5. The molecule has 0 saturated heterocycles.